The third kappa shape index (κ3) is 9.27. The quantitative estimate of drug-likeness (QED) is 0.120. The predicted octanol–water partition coefficient (Wildman–Crippen LogP) is 9.13. The average molecular weight is 767 g/mol. The number of pyridine rings is 2. The van der Waals surface area contributed by atoms with Crippen LogP contribution in [-0.2, 0) is 32.9 Å². The number of aromatic nitrogens is 2. The second kappa shape index (κ2) is 15.7. The first-order chi connectivity index (χ1) is 20.8. The summed E-state index contributed by atoms with van der Waals surface area (Å²) in [6.45, 7) is 9.24. The van der Waals surface area contributed by atoms with Crippen LogP contribution in [0.3, 0.4) is 0 Å². The molecule has 0 amide bonds. The molecule has 4 heteroatoms. The normalized spacial score (nSPS) is 10.7. The molecule has 223 valence electrons. The van der Waals surface area contributed by atoms with Crippen LogP contribution in [0.15, 0.2) is 134 Å². The smallest absolute Gasteiger partial charge is 0.0799 e. The van der Waals surface area contributed by atoms with Gasteiger partial charge in [0.1, 0.15) is 0 Å². The van der Waals surface area contributed by atoms with Gasteiger partial charge in [-0.05, 0) is 52.2 Å². The van der Waals surface area contributed by atoms with E-state index in [-0.39, 0.29) is 20.1 Å². The van der Waals surface area contributed by atoms with Gasteiger partial charge < -0.3 is 9.97 Å². The first-order valence-electron chi connectivity index (χ1n) is 14.8. The van der Waals surface area contributed by atoms with E-state index >= 15 is 0 Å². The molecule has 2 nitrogen and oxygen atoms in total. The fraction of sp³-hybridized carbons (Fsp3) is 0.150. The van der Waals surface area contributed by atoms with Gasteiger partial charge in [-0.2, -0.15) is 0 Å². The summed E-state index contributed by atoms with van der Waals surface area (Å²) >= 11 is 0. The Kier molecular flexibility index (Phi) is 11.7. The van der Waals surface area contributed by atoms with Crippen molar-refractivity contribution >= 4 is 13.3 Å². The molecule has 0 atom stereocenters. The largest absolute Gasteiger partial charge is 0.305 e. The van der Waals surface area contributed by atoms with Crippen molar-refractivity contribution in [2.75, 3.05) is 0 Å². The van der Waals surface area contributed by atoms with Gasteiger partial charge in [0.2, 0.25) is 0 Å². The number of rotatable bonds is 7. The van der Waals surface area contributed by atoms with Crippen molar-refractivity contribution in [1.82, 2.24) is 9.97 Å². The Balaban J connectivity index is 0.000000201. The van der Waals surface area contributed by atoms with Gasteiger partial charge in [0, 0.05) is 32.5 Å². The fourth-order valence-corrected chi connectivity index (χ4v) is 6.64. The zero-order valence-electron chi connectivity index (χ0n) is 25.8. The number of hydrogen-bond donors (Lipinski definition) is 0. The molecule has 0 unspecified atom stereocenters. The molecule has 0 saturated carbocycles. The molecule has 6 aromatic rings. The van der Waals surface area contributed by atoms with Crippen molar-refractivity contribution in [3.63, 3.8) is 0 Å². The molecule has 0 bridgehead atoms. The second-order valence-corrected chi connectivity index (χ2v) is 16.9. The summed E-state index contributed by atoms with van der Waals surface area (Å²) in [6.07, 6.45) is 5.87. The Bertz CT molecular complexity index is 1730. The predicted molar refractivity (Wildman–Crippen MR) is 183 cm³/mol. The van der Waals surface area contributed by atoms with Gasteiger partial charge in [-0.3, -0.25) is 0 Å². The number of nitrogens with zero attached hydrogens (tertiary/aromatic N) is 2. The van der Waals surface area contributed by atoms with Crippen LogP contribution < -0.4 is 5.19 Å². The van der Waals surface area contributed by atoms with E-state index in [1.54, 1.807) is 0 Å². The van der Waals surface area contributed by atoms with Crippen LogP contribution in [0.25, 0.3) is 22.5 Å². The first-order valence-corrected chi connectivity index (χ1v) is 18.3. The van der Waals surface area contributed by atoms with Gasteiger partial charge in [-0.15, -0.1) is 71.3 Å². The topological polar surface area (TPSA) is 25.8 Å². The minimum Gasteiger partial charge on any atom is -0.305 e. The maximum absolute atomic E-state index is 4.75. The third-order valence-electron chi connectivity index (χ3n) is 7.34. The Morgan fingerprint density at radius 1 is 0.614 bits per heavy atom. The maximum atomic E-state index is 4.75. The Hall–Kier alpha value is -3.95. The van der Waals surface area contributed by atoms with Crippen molar-refractivity contribution in [3.8, 4) is 22.5 Å². The van der Waals surface area contributed by atoms with Crippen LogP contribution in [0.1, 0.15) is 27.8 Å². The molecule has 6 rings (SSSR count). The zero-order valence-corrected chi connectivity index (χ0v) is 29.2. The van der Waals surface area contributed by atoms with E-state index in [0.29, 0.717) is 0 Å². The summed E-state index contributed by atoms with van der Waals surface area (Å²) < 4.78 is 0. The Labute approximate surface area is 277 Å². The molecule has 0 aliphatic rings. The van der Waals surface area contributed by atoms with Crippen LogP contribution in [-0.4, -0.2) is 18.0 Å². The Morgan fingerprint density at radius 2 is 1.25 bits per heavy atom. The number of hydrogen-bond acceptors (Lipinski definition) is 2. The monoisotopic (exact) mass is 767 g/mol. The molecule has 1 radical (unpaired) electrons. The van der Waals surface area contributed by atoms with Gasteiger partial charge in [0.25, 0.3) is 0 Å². The number of benzene rings is 4. The van der Waals surface area contributed by atoms with E-state index in [1.807, 2.05) is 42.6 Å². The van der Waals surface area contributed by atoms with Gasteiger partial charge in [0.05, 0.1) is 8.07 Å². The van der Waals surface area contributed by atoms with Gasteiger partial charge in [-0.1, -0.05) is 105 Å². The van der Waals surface area contributed by atoms with Crippen LogP contribution in [0.2, 0.25) is 19.6 Å². The van der Waals surface area contributed by atoms with E-state index in [2.05, 4.69) is 135 Å². The maximum Gasteiger partial charge on any atom is 0.0799 e. The third-order valence-corrected chi connectivity index (χ3v) is 9.41. The molecule has 0 spiro atoms. The summed E-state index contributed by atoms with van der Waals surface area (Å²) in [6, 6.07) is 48.4. The summed E-state index contributed by atoms with van der Waals surface area (Å²) in [5.74, 6) is 0. The summed E-state index contributed by atoms with van der Waals surface area (Å²) in [5.41, 5.74) is 10.7. The second-order valence-electron chi connectivity index (χ2n) is 11.9. The fourth-order valence-electron chi connectivity index (χ4n) is 5.06. The molecular weight excluding hydrogens is 729 g/mol. The van der Waals surface area contributed by atoms with E-state index in [9.17, 15) is 0 Å². The standard InChI is InChI=1S/C22H24NSi.C18H14N.Ir/c1-17-10-12-19(13-11-17)21-15-20(14-18-8-6-5-7-9-18)22(16-23-21)24(2,3)4;1-3-7-15(8-4-1)13-16-11-12-19-18(14-16)17-9-5-2-6-10-17;/h5-12,15-16H,14H2,1-4H3;1-9,11-12,14H,13H2;/q2*-1;. The molecule has 0 fully saturated rings. The summed E-state index contributed by atoms with van der Waals surface area (Å²) in [4.78, 5) is 9.17. The molecule has 0 aliphatic heterocycles. The van der Waals surface area contributed by atoms with Crippen molar-refractivity contribution in [3.05, 3.63) is 174 Å². The summed E-state index contributed by atoms with van der Waals surface area (Å²) in [5, 5.41) is 1.45. The van der Waals surface area contributed by atoms with Crippen LogP contribution in [0.4, 0.5) is 0 Å². The molecule has 0 N–H and O–H groups in total. The van der Waals surface area contributed by atoms with E-state index in [1.165, 1.54) is 33.0 Å². The van der Waals surface area contributed by atoms with Crippen LogP contribution in [0, 0.1) is 19.1 Å². The molecule has 44 heavy (non-hydrogen) atoms. The van der Waals surface area contributed by atoms with Crippen molar-refractivity contribution in [2.24, 2.45) is 0 Å². The molecule has 2 heterocycles. The SMILES string of the molecule is Cc1c[c-]c(-c2cc(Cc3ccccc3)c([Si](C)(C)C)cn2)cc1.[Ir].[c-]1ccccc1-c1cc(Cc2ccccc2)ccn1. The minimum atomic E-state index is -1.44. The molecule has 0 saturated heterocycles. The van der Waals surface area contributed by atoms with Crippen molar-refractivity contribution in [1.29, 1.82) is 0 Å². The van der Waals surface area contributed by atoms with Crippen LogP contribution >= 0.6 is 0 Å². The van der Waals surface area contributed by atoms with Crippen molar-refractivity contribution in [2.45, 2.75) is 39.4 Å². The Morgan fingerprint density at radius 3 is 1.86 bits per heavy atom. The van der Waals surface area contributed by atoms with E-state index < -0.39 is 8.07 Å². The molecule has 4 aromatic carbocycles. The van der Waals surface area contributed by atoms with E-state index in [0.717, 1.165) is 35.4 Å². The van der Waals surface area contributed by atoms with Gasteiger partial charge in [-0.25, -0.2) is 0 Å². The van der Waals surface area contributed by atoms with Crippen molar-refractivity contribution < 1.29 is 20.1 Å². The zero-order chi connectivity index (χ0) is 30.1. The average Bonchev–Trinajstić information content (AvgIpc) is 3.03. The van der Waals surface area contributed by atoms with E-state index in [4.69, 9.17) is 4.98 Å². The number of aryl methyl sites for hydroxylation is 1. The van der Waals surface area contributed by atoms with Gasteiger partial charge in [0.15, 0.2) is 0 Å². The molecule has 2 aromatic heterocycles. The first kappa shape index (κ1) is 32.9. The molecular formula is C40H38IrN2Si-2. The van der Waals surface area contributed by atoms with Gasteiger partial charge >= 0.3 is 0 Å². The molecule has 0 aliphatic carbocycles. The minimum absolute atomic E-state index is 0. The summed E-state index contributed by atoms with van der Waals surface area (Å²) in [7, 11) is -1.44. The van der Waals surface area contributed by atoms with Crippen LogP contribution in [0.5, 0.6) is 0 Å².